The van der Waals surface area contributed by atoms with E-state index in [1.807, 2.05) is 17.7 Å². The molecule has 10 nitrogen and oxygen atoms in total. The number of esters is 1. The monoisotopic (exact) mass is 510 g/mol. The summed E-state index contributed by atoms with van der Waals surface area (Å²) >= 11 is 1.41. The Morgan fingerprint density at radius 2 is 2.08 bits per heavy atom. The SMILES string of the molecule is CCOC(=O)C1CCC(C=[N+]2N=C(c3ccc(OC)nc3)C3=C2c2sc(NC(C)=O)nc2CO3)CC1. The number of ether oxygens (including phenoxy) is 3. The summed E-state index contributed by atoms with van der Waals surface area (Å²) in [6, 6.07) is 3.69. The molecule has 5 rings (SSSR count). The Morgan fingerprint density at radius 1 is 1.28 bits per heavy atom. The molecule has 0 spiro atoms. The van der Waals surface area contributed by atoms with Crippen molar-refractivity contribution in [3.63, 3.8) is 0 Å². The minimum atomic E-state index is -0.175. The maximum Gasteiger partial charge on any atom is 0.308 e. The third-order valence-corrected chi connectivity index (χ3v) is 7.40. The normalized spacial score (nSPS) is 21.9. The van der Waals surface area contributed by atoms with E-state index < -0.39 is 0 Å². The molecule has 0 aromatic carbocycles. The third-order valence-electron chi connectivity index (χ3n) is 6.38. The summed E-state index contributed by atoms with van der Waals surface area (Å²) in [5.74, 6) is 1.10. The summed E-state index contributed by atoms with van der Waals surface area (Å²) in [7, 11) is 1.57. The molecule has 1 fully saturated rings. The van der Waals surface area contributed by atoms with Crippen LogP contribution in [-0.4, -0.2) is 52.2 Å². The van der Waals surface area contributed by atoms with E-state index in [1.54, 1.807) is 19.4 Å². The molecule has 2 aromatic rings. The van der Waals surface area contributed by atoms with Crippen molar-refractivity contribution >= 4 is 46.0 Å². The van der Waals surface area contributed by atoms with E-state index in [2.05, 4.69) is 21.5 Å². The van der Waals surface area contributed by atoms with Gasteiger partial charge in [0.1, 0.15) is 17.2 Å². The largest absolute Gasteiger partial charge is 0.481 e. The number of amides is 1. The predicted octanol–water partition coefficient (Wildman–Crippen LogP) is 3.57. The Morgan fingerprint density at radius 3 is 2.75 bits per heavy atom. The lowest BCUT2D eigenvalue weighted by Crippen LogP contribution is -2.25. The van der Waals surface area contributed by atoms with Crippen LogP contribution in [-0.2, 0) is 25.7 Å². The standard InChI is InChI=1S/C25H27N5O5S/c1-4-34-24(32)16-7-5-15(6-8-16)12-30-21-22(20(29-30)17-9-10-19(33-3)26-11-17)35-13-18-23(21)36-25(28-18)27-14(2)31/h9-12,15-16H,4-8,13H2,1-3H3/p+1. The van der Waals surface area contributed by atoms with Crippen LogP contribution in [0.25, 0.3) is 5.70 Å². The molecule has 3 aliphatic rings. The molecule has 11 heteroatoms. The zero-order valence-electron chi connectivity index (χ0n) is 20.4. The van der Waals surface area contributed by atoms with Crippen molar-refractivity contribution in [2.75, 3.05) is 19.0 Å². The third kappa shape index (κ3) is 4.75. The van der Waals surface area contributed by atoms with Crippen LogP contribution in [0.1, 0.15) is 55.7 Å². The molecule has 4 heterocycles. The van der Waals surface area contributed by atoms with Crippen molar-refractivity contribution in [2.45, 2.75) is 46.1 Å². The van der Waals surface area contributed by atoms with E-state index in [-0.39, 0.29) is 30.3 Å². The van der Waals surface area contributed by atoms with Gasteiger partial charge in [-0.3, -0.25) is 9.59 Å². The van der Waals surface area contributed by atoms with Gasteiger partial charge in [-0.25, -0.2) is 9.97 Å². The first kappa shape index (κ1) is 24.1. The van der Waals surface area contributed by atoms with Crippen LogP contribution >= 0.6 is 11.3 Å². The lowest BCUT2D eigenvalue weighted by molar-refractivity contribution is -0.431. The van der Waals surface area contributed by atoms with Gasteiger partial charge in [0, 0.05) is 35.8 Å². The van der Waals surface area contributed by atoms with E-state index in [9.17, 15) is 9.59 Å². The second-order valence-corrected chi connectivity index (χ2v) is 9.84. The Hall–Kier alpha value is -3.60. The average molecular weight is 511 g/mol. The van der Waals surface area contributed by atoms with Gasteiger partial charge in [-0.2, -0.15) is 0 Å². The van der Waals surface area contributed by atoms with E-state index in [1.165, 1.54) is 18.3 Å². The van der Waals surface area contributed by atoms with Crippen LogP contribution in [0.5, 0.6) is 5.88 Å². The molecule has 2 aliphatic heterocycles. The summed E-state index contributed by atoms with van der Waals surface area (Å²) in [5, 5.41) is 8.22. The number of nitrogens with one attached hydrogen (secondary N) is 1. The molecule has 0 radical (unpaired) electrons. The fourth-order valence-corrected chi connectivity index (χ4v) is 5.69. The Kier molecular flexibility index (Phi) is 6.82. The molecule has 188 valence electrons. The Balaban J connectivity index is 1.49. The second-order valence-electron chi connectivity index (χ2n) is 8.84. The van der Waals surface area contributed by atoms with Crippen molar-refractivity contribution in [1.82, 2.24) is 9.97 Å². The fraction of sp³-hybridized carbons (Fsp3) is 0.440. The molecule has 2 aromatic heterocycles. The first-order chi connectivity index (χ1) is 17.5. The van der Waals surface area contributed by atoms with Gasteiger partial charge in [-0.1, -0.05) is 11.3 Å². The van der Waals surface area contributed by atoms with Crippen molar-refractivity contribution in [1.29, 1.82) is 0 Å². The highest BCUT2D eigenvalue weighted by molar-refractivity contribution is 7.16. The number of methoxy groups -OCH3 is 1. The molecule has 0 unspecified atom stereocenters. The number of pyridine rings is 1. The first-order valence-electron chi connectivity index (χ1n) is 12.0. The second kappa shape index (κ2) is 10.2. The van der Waals surface area contributed by atoms with E-state index in [0.29, 0.717) is 29.1 Å². The van der Waals surface area contributed by atoms with E-state index in [4.69, 9.17) is 19.3 Å². The van der Waals surface area contributed by atoms with Crippen molar-refractivity contribution < 1.29 is 28.5 Å². The number of aromatic nitrogens is 2. The van der Waals surface area contributed by atoms with Gasteiger partial charge in [0.15, 0.2) is 17.1 Å². The maximum absolute atomic E-state index is 12.2. The minimum absolute atomic E-state index is 0.0429. The topological polar surface area (TPSA) is 115 Å². The van der Waals surface area contributed by atoms with Crippen LogP contribution in [0.4, 0.5) is 5.13 Å². The summed E-state index contributed by atoms with van der Waals surface area (Å²) in [4.78, 5) is 33.6. The fourth-order valence-electron chi connectivity index (χ4n) is 4.64. The number of carbonyl (C=O) groups is 2. The van der Waals surface area contributed by atoms with E-state index >= 15 is 0 Å². The number of hydrogen-bond acceptors (Lipinski definition) is 9. The van der Waals surface area contributed by atoms with Crippen LogP contribution in [0, 0.1) is 11.8 Å². The summed E-state index contributed by atoms with van der Waals surface area (Å²) in [5.41, 5.74) is 3.05. The smallest absolute Gasteiger partial charge is 0.308 e. The van der Waals surface area contributed by atoms with Gasteiger partial charge in [0.25, 0.3) is 0 Å². The summed E-state index contributed by atoms with van der Waals surface area (Å²) in [6.45, 7) is 3.99. The predicted molar refractivity (Wildman–Crippen MR) is 134 cm³/mol. The van der Waals surface area contributed by atoms with E-state index in [0.717, 1.165) is 47.5 Å². The van der Waals surface area contributed by atoms with Crippen LogP contribution in [0.3, 0.4) is 0 Å². The number of hydrogen-bond donors (Lipinski definition) is 1. The number of anilines is 1. The zero-order valence-corrected chi connectivity index (χ0v) is 21.3. The highest BCUT2D eigenvalue weighted by Gasteiger charge is 2.43. The number of carbonyl (C=O) groups excluding carboxylic acids is 2. The molecular weight excluding hydrogens is 482 g/mol. The number of hydrazone groups is 1. The zero-order chi connectivity index (χ0) is 25.2. The molecule has 0 saturated heterocycles. The molecule has 0 atom stereocenters. The number of fused-ring (bicyclic) bond motifs is 2. The van der Waals surface area contributed by atoms with Gasteiger partial charge in [-0.05, 0) is 43.4 Å². The number of rotatable bonds is 6. The highest BCUT2D eigenvalue weighted by Crippen LogP contribution is 2.41. The van der Waals surface area contributed by atoms with Gasteiger partial charge < -0.3 is 19.5 Å². The van der Waals surface area contributed by atoms with Crippen molar-refractivity contribution in [3.05, 3.63) is 40.2 Å². The van der Waals surface area contributed by atoms with Gasteiger partial charge in [0.05, 0.1) is 19.6 Å². The maximum atomic E-state index is 12.2. The minimum Gasteiger partial charge on any atom is -0.481 e. The Bertz CT molecular complexity index is 1270. The number of thiazole rings is 1. The summed E-state index contributed by atoms with van der Waals surface area (Å²) in [6.07, 6.45) is 7.12. The van der Waals surface area contributed by atoms with Crippen LogP contribution in [0.15, 0.2) is 29.2 Å². The molecule has 0 bridgehead atoms. The van der Waals surface area contributed by atoms with Gasteiger partial charge in [-0.15, -0.1) is 0 Å². The number of nitrogens with zero attached hydrogens (tertiary/aromatic N) is 4. The van der Waals surface area contributed by atoms with Crippen LogP contribution < -0.4 is 10.1 Å². The van der Waals surface area contributed by atoms with Crippen molar-refractivity contribution in [3.8, 4) is 5.88 Å². The molecular formula is C25H28N5O5S+. The lowest BCUT2D eigenvalue weighted by Gasteiger charge is -2.23. The lowest BCUT2D eigenvalue weighted by atomic mass is 9.82. The average Bonchev–Trinajstić information content (AvgIpc) is 3.45. The molecule has 1 amide bonds. The molecule has 1 saturated carbocycles. The summed E-state index contributed by atoms with van der Waals surface area (Å²) < 4.78 is 18.4. The van der Waals surface area contributed by atoms with Gasteiger partial charge >= 0.3 is 11.7 Å². The van der Waals surface area contributed by atoms with Crippen molar-refractivity contribution in [2.24, 2.45) is 16.9 Å². The first-order valence-corrected chi connectivity index (χ1v) is 12.8. The quantitative estimate of drug-likeness (QED) is 0.467. The highest BCUT2D eigenvalue weighted by atomic mass is 32.1. The Labute approximate surface area is 212 Å². The molecule has 36 heavy (non-hydrogen) atoms. The number of allylic oxidation sites excluding steroid dienone is 1. The molecule has 1 aliphatic carbocycles. The molecule has 1 N–H and O–H groups in total. The van der Waals surface area contributed by atoms with Gasteiger partial charge in [0.2, 0.25) is 17.5 Å². The van der Waals surface area contributed by atoms with Crippen LogP contribution in [0.2, 0.25) is 0 Å².